The van der Waals surface area contributed by atoms with Gasteiger partial charge in [-0.1, -0.05) is 25.5 Å². The summed E-state index contributed by atoms with van der Waals surface area (Å²) in [4.78, 5) is 18.2. The summed E-state index contributed by atoms with van der Waals surface area (Å²) in [7, 11) is 0. The van der Waals surface area contributed by atoms with Crippen molar-refractivity contribution < 1.29 is 15.0 Å². The smallest absolute Gasteiger partial charge is 0.312 e. The highest BCUT2D eigenvalue weighted by Gasteiger charge is 2.47. The molecule has 0 unspecified atom stereocenters. The molecular weight excluding hydrogens is 306 g/mol. The lowest BCUT2D eigenvalue weighted by atomic mass is 9.73. The minimum Gasteiger partial charge on any atom is -0.481 e. The van der Waals surface area contributed by atoms with E-state index in [9.17, 15) is 15.0 Å². The molecule has 2 N–H and O–H groups in total. The van der Waals surface area contributed by atoms with Gasteiger partial charge in [0.25, 0.3) is 0 Å². The molecule has 0 bridgehead atoms. The molecule has 6 nitrogen and oxygen atoms in total. The van der Waals surface area contributed by atoms with Crippen LogP contribution in [0.1, 0.15) is 26.2 Å². The molecule has 1 aromatic heterocycles. The number of fused-ring (bicyclic) bond motifs is 1. The Labute approximate surface area is 141 Å². The Bertz CT molecular complexity index is 714. The van der Waals surface area contributed by atoms with Crippen LogP contribution in [0.25, 0.3) is 11.0 Å². The quantitative estimate of drug-likeness (QED) is 0.846. The van der Waals surface area contributed by atoms with E-state index in [1.807, 2.05) is 37.5 Å². The number of benzene rings is 1. The number of carboxylic acids is 1. The van der Waals surface area contributed by atoms with Gasteiger partial charge in [0.1, 0.15) is 0 Å². The first-order chi connectivity index (χ1) is 11.6. The minimum atomic E-state index is -0.979. The van der Waals surface area contributed by atoms with Crippen molar-refractivity contribution in [2.24, 2.45) is 5.41 Å². The van der Waals surface area contributed by atoms with Crippen molar-refractivity contribution in [1.29, 1.82) is 0 Å². The van der Waals surface area contributed by atoms with Gasteiger partial charge < -0.3 is 14.8 Å². The number of hydrogen-bond acceptors (Lipinski definition) is 4. The van der Waals surface area contributed by atoms with Gasteiger partial charge in [0.15, 0.2) is 0 Å². The molecule has 0 radical (unpaired) electrons. The molecule has 0 amide bonds. The fraction of sp³-hybridized carbons (Fsp3) is 0.556. The van der Waals surface area contributed by atoms with Crippen LogP contribution in [0.15, 0.2) is 30.6 Å². The standard InChI is InChI=1S/C18H25N3O3/c1-2-7-18(17(23)24)8-9-20(12-16(18)22)10-11-21-13-19-14-5-3-4-6-15(14)21/h3-6,13,16,22H,2,7-12H2,1H3,(H,23,24)/t16-,18-/m0/s1. The Kier molecular flexibility index (Phi) is 4.87. The van der Waals surface area contributed by atoms with Crippen LogP contribution in [0.2, 0.25) is 0 Å². The van der Waals surface area contributed by atoms with Gasteiger partial charge in [0, 0.05) is 19.6 Å². The van der Waals surface area contributed by atoms with E-state index in [1.54, 1.807) is 0 Å². The van der Waals surface area contributed by atoms with E-state index in [-0.39, 0.29) is 0 Å². The molecule has 3 rings (SSSR count). The van der Waals surface area contributed by atoms with Crippen molar-refractivity contribution in [3.05, 3.63) is 30.6 Å². The molecule has 2 heterocycles. The fourth-order valence-electron chi connectivity index (χ4n) is 3.77. The Morgan fingerprint density at radius 1 is 1.38 bits per heavy atom. The Morgan fingerprint density at radius 3 is 2.88 bits per heavy atom. The number of aliphatic hydroxyl groups is 1. The van der Waals surface area contributed by atoms with Crippen molar-refractivity contribution in [2.75, 3.05) is 19.6 Å². The topological polar surface area (TPSA) is 78.6 Å². The highest BCUT2D eigenvalue weighted by molar-refractivity contribution is 5.76. The lowest BCUT2D eigenvalue weighted by Crippen LogP contribution is -2.55. The molecule has 1 saturated heterocycles. The molecule has 6 heteroatoms. The zero-order chi connectivity index (χ0) is 17.2. The molecule has 0 aliphatic carbocycles. The highest BCUT2D eigenvalue weighted by atomic mass is 16.4. The molecule has 1 aromatic carbocycles. The van der Waals surface area contributed by atoms with E-state index in [0.717, 1.165) is 30.5 Å². The number of β-amino-alcohol motifs (C(OH)–C–C–N with tert-alkyl or cyclic N) is 1. The zero-order valence-electron chi connectivity index (χ0n) is 14.1. The van der Waals surface area contributed by atoms with Crippen LogP contribution >= 0.6 is 0 Å². The maximum Gasteiger partial charge on any atom is 0.312 e. The average Bonchev–Trinajstić information content (AvgIpc) is 2.98. The zero-order valence-corrected chi connectivity index (χ0v) is 14.1. The maximum atomic E-state index is 11.7. The minimum absolute atomic E-state index is 0.416. The number of para-hydroxylation sites is 2. The Balaban J connectivity index is 1.63. The van der Waals surface area contributed by atoms with Gasteiger partial charge in [-0.25, -0.2) is 4.98 Å². The van der Waals surface area contributed by atoms with Crippen molar-refractivity contribution >= 4 is 17.0 Å². The molecule has 1 aliphatic rings. The van der Waals surface area contributed by atoms with Gasteiger partial charge in [-0.2, -0.15) is 0 Å². The second kappa shape index (κ2) is 6.91. The largest absolute Gasteiger partial charge is 0.481 e. The molecular formula is C18H25N3O3. The number of likely N-dealkylation sites (tertiary alicyclic amines) is 1. The van der Waals surface area contributed by atoms with Gasteiger partial charge in [0.05, 0.1) is 28.9 Å². The van der Waals surface area contributed by atoms with Crippen LogP contribution < -0.4 is 0 Å². The number of hydrogen-bond donors (Lipinski definition) is 2. The van der Waals surface area contributed by atoms with Gasteiger partial charge in [-0.05, 0) is 31.5 Å². The van der Waals surface area contributed by atoms with E-state index in [4.69, 9.17) is 0 Å². The number of aromatic nitrogens is 2. The summed E-state index contributed by atoms with van der Waals surface area (Å²) in [6.07, 6.45) is 2.82. The van der Waals surface area contributed by atoms with E-state index in [2.05, 4.69) is 14.5 Å². The molecule has 1 fully saturated rings. The lowest BCUT2D eigenvalue weighted by molar-refractivity contribution is -0.163. The summed E-state index contributed by atoms with van der Waals surface area (Å²) in [5.41, 5.74) is 1.09. The predicted molar refractivity (Wildman–Crippen MR) is 91.8 cm³/mol. The summed E-state index contributed by atoms with van der Waals surface area (Å²) < 4.78 is 2.10. The van der Waals surface area contributed by atoms with Crippen molar-refractivity contribution in [3.8, 4) is 0 Å². The van der Waals surface area contributed by atoms with Crippen molar-refractivity contribution in [2.45, 2.75) is 38.8 Å². The number of carbonyl (C=O) groups is 1. The van der Waals surface area contributed by atoms with Crippen molar-refractivity contribution in [1.82, 2.24) is 14.5 Å². The third-order valence-corrected chi connectivity index (χ3v) is 5.25. The number of rotatable bonds is 6. The van der Waals surface area contributed by atoms with Crippen LogP contribution in [0, 0.1) is 5.41 Å². The van der Waals surface area contributed by atoms with Crippen LogP contribution in [-0.2, 0) is 11.3 Å². The molecule has 1 aliphatic heterocycles. The number of nitrogens with zero attached hydrogens (tertiary/aromatic N) is 3. The monoisotopic (exact) mass is 331 g/mol. The van der Waals surface area contributed by atoms with Gasteiger partial charge in [-0.15, -0.1) is 0 Å². The first-order valence-corrected chi connectivity index (χ1v) is 8.60. The van der Waals surface area contributed by atoms with Gasteiger partial charge in [0.2, 0.25) is 0 Å². The van der Waals surface area contributed by atoms with Crippen molar-refractivity contribution in [3.63, 3.8) is 0 Å². The molecule has 0 spiro atoms. The molecule has 2 atom stereocenters. The van der Waals surface area contributed by atoms with E-state index < -0.39 is 17.5 Å². The average molecular weight is 331 g/mol. The summed E-state index contributed by atoms with van der Waals surface area (Å²) in [6.45, 7) is 4.64. The SMILES string of the molecule is CCC[C@]1(C(=O)O)CCN(CCn2cnc3ccccc32)C[C@@H]1O. The normalized spacial score (nSPS) is 25.2. The third-order valence-electron chi connectivity index (χ3n) is 5.25. The summed E-state index contributed by atoms with van der Waals surface area (Å²) >= 11 is 0. The summed E-state index contributed by atoms with van der Waals surface area (Å²) in [5.74, 6) is -0.864. The third kappa shape index (κ3) is 3.03. The van der Waals surface area contributed by atoms with Crippen LogP contribution in [0.5, 0.6) is 0 Å². The van der Waals surface area contributed by atoms with E-state index >= 15 is 0 Å². The van der Waals surface area contributed by atoms with Crippen LogP contribution in [0.4, 0.5) is 0 Å². The Hall–Kier alpha value is -1.92. The van der Waals surface area contributed by atoms with Gasteiger partial charge >= 0.3 is 5.97 Å². The second-order valence-electron chi connectivity index (χ2n) is 6.70. The number of carboxylic acid groups (broad SMARTS) is 1. The summed E-state index contributed by atoms with van der Waals surface area (Å²) in [6, 6.07) is 8.00. The molecule has 0 saturated carbocycles. The van der Waals surface area contributed by atoms with Crippen LogP contribution in [0.3, 0.4) is 0 Å². The predicted octanol–water partition coefficient (Wildman–Crippen LogP) is 1.97. The maximum absolute atomic E-state index is 11.7. The second-order valence-corrected chi connectivity index (χ2v) is 6.70. The molecule has 24 heavy (non-hydrogen) atoms. The lowest BCUT2D eigenvalue weighted by Gasteiger charge is -2.42. The molecule has 130 valence electrons. The Morgan fingerprint density at radius 2 is 2.17 bits per heavy atom. The number of aliphatic carboxylic acids is 1. The van der Waals surface area contributed by atoms with Crippen LogP contribution in [-0.4, -0.2) is 56.4 Å². The molecule has 2 aromatic rings. The van der Waals surface area contributed by atoms with E-state index in [0.29, 0.717) is 25.9 Å². The highest BCUT2D eigenvalue weighted by Crippen LogP contribution is 2.36. The van der Waals surface area contributed by atoms with E-state index in [1.165, 1.54) is 0 Å². The number of imidazole rings is 1. The first-order valence-electron chi connectivity index (χ1n) is 8.60. The fourth-order valence-corrected chi connectivity index (χ4v) is 3.77. The van der Waals surface area contributed by atoms with Gasteiger partial charge in [-0.3, -0.25) is 9.69 Å². The first kappa shape index (κ1) is 16.9. The summed E-state index contributed by atoms with van der Waals surface area (Å²) in [5, 5.41) is 20.1. The number of piperidine rings is 1. The number of aliphatic hydroxyl groups excluding tert-OH is 1.